The molecule has 1 fully saturated rings. The van der Waals surface area contributed by atoms with E-state index >= 15 is 0 Å². The van der Waals surface area contributed by atoms with Gasteiger partial charge in [0.05, 0.1) is 24.8 Å². The summed E-state index contributed by atoms with van der Waals surface area (Å²) in [6.45, 7) is 3.18. The van der Waals surface area contributed by atoms with Gasteiger partial charge in [-0.1, -0.05) is 41.9 Å². The molecule has 1 aliphatic heterocycles. The monoisotopic (exact) mass is 417 g/mol. The maximum Gasteiger partial charge on any atom is 0.313 e. The molecule has 154 valence electrons. The molecule has 3 rings (SSSR count). The summed E-state index contributed by atoms with van der Waals surface area (Å²) in [6, 6.07) is 14.8. The van der Waals surface area contributed by atoms with Crippen molar-refractivity contribution in [2.24, 2.45) is 0 Å². The van der Waals surface area contributed by atoms with Crippen LogP contribution in [0.1, 0.15) is 11.7 Å². The largest absolute Gasteiger partial charge is 0.495 e. The number of halogens is 1. The zero-order valence-electron chi connectivity index (χ0n) is 16.2. The average molecular weight is 418 g/mol. The van der Waals surface area contributed by atoms with Crippen LogP contribution < -0.4 is 15.4 Å². The molecule has 1 aliphatic rings. The molecule has 2 N–H and O–H groups in total. The number of hydrogen-bond donors (Lipinski definition) is 2. The number of benzene rings is 2. The van der Waals surface area contributed by atoms with Crippen molar-refractivity contribution in [3.63, 3.8) is 0 Å². The predicted molar refractivity (Wildman–Crippen MR) is 111 cm³/mol. The number of morpholine rings is 1. The summed E-state index contributed by atoms with van der Waals surface area (Å²) in [4.78, 5) is 26.3. The standard InChI is InChI=1S/C21H24ClN3O4/c1-28-18-8-7-16(13-17(18)22)24-21(27)20(26)23-9-10-25-11-12-29-19(14-25)15-5-3-2-4-6-15/h2-8,13,19H,9-12,14H2,1H3,(H,23,26)(H,24,27). The fourth-order valence-electron chi connectivity index (χ4n) is 3.11. The molecule has 0 radical (unpaired) electrons. The van der Waals surface area contributed by atoms with E-state index in [0.717, 1.165) is 18.7 Å². The number of ether oxygens (including phenoxy) is 2. The van der Waals surface area contributed by atoms with Gasteiger partial charge in [0, 0.05) is 31.9 Å². The number of anilines is 1. The molecule has 2 aromatic rings. The van der Waals surface area contributed by atoms with E-state index in [1.807, 2.05) is 30.3 Å². The van der Waals surface area contributed by atoms with Crippen LogP contribution in [0.4, 0.5) is 5.69 Å². The molecule has 1 unspecified atom stereocenters. The quantitative estimate of drug-likeness (QED) is 0.706. The lowest BCUT2D eigenvalue weighted by Gasteiger charge is -2.33. The van der Waals surface area contributed by atoms with Gasteiger partial charge in [-0.3, -0.25) is 14.5 Å². The SMILES string of the molecule is COc1ccc(NC(=O)C(=O)NCCN2CCOC(c3ccccc3)C2)cc1Cl. The minimum Gasteiger partial charge on any atom is -0.495 e. The van der Waals surface area contributed by atoms with Crippen LogP contribution in [0.5, 0.6) is 5.75 Å². The summed E-state index contributed by atoms with van der Waals surface area (Å²) < 4.78 is 10.9. The van der Waals surface area contributed by atoms with Crippen LogP contribution in [0.3, 0.4) is 0 Å². The molecule has 1 heterocycles. The fraction of sp³-hybridized carbons (Fsp3) is 0.333. The van der Waals surface area contributed by atoms with Crippen LogP contribution >= 0.6 is 11.6 Å². The number of amides is 2. The fourth-order valence-corrected chi connectivity index (χ4v) is 3.37. The number of methoxy groups -OCH3 is 1. The van der Waals surface area contributed by atoms with E-state index < -0.39 is 11.8 Å². The summed E-state index contributed by atoms with van der Waals surface area (Å²) in [5.74, 6) is -0.936. The van der Waals surface area contributed by atoms with Crippen molar-refractivity contribution < 1.29 is 19.1 Å². The molecule has 1 atom stereocenters. The predicted octanol–water partition coefficient (Wildman–Crippen LogP) is 2.48. The molecule has 0 spiro atoms. The third kappa shape index (κ3) is 5.93. The molecule has 0 aromatic heterocycles. The van der Waals surface area contributed by atoms with Crippen molar-refractivity contribution in [3.8, 4) is 5.75 Å². The van der Waals surface area contributed by atoms with Crippen molar-refractivity contribution in [1.29, 1.82) is 0 Å². The van der Waals surface area contributed by atoms with Gasteiger partial charge in [0.25, 0.3) is 0 Å². The number of nitrogens with one attached hydrogen (secondary N) is 2. The Morgan fingerprint density at radius 1 is 1.21 bits per heavy atom. The number of carbonyl (C=O) groups excluding carboxylic acids is 2. The Labute approximate surface area is 174 Å². The first-order valence-corrected chi connectivity index (χ1v) is 9.76. The summed E-state index contributed by atoms with van der Waals surface area (Å²) >= 11 is 6.03. The molecular weight excluding hydrogens is 394 g/mol. The van der Waals surface area contributed by atoms with Crippen molar-refractivity contribution in [1.82, 2.24) is 10.2 Å². The van der Waals surface area contributed by atoms with Crippen molar-refractivity contribution >= 4 is 29.1 Å². The van der Waals surface area contributed by atoms with Gasteiger partial charge in [0.1, 0.15) is 5.75 Å². The molecule has 2 aromatic carbocycles. The normalized spacial score (nSPS) is 16.8. The highest BCUT2D eigenvalue weighted by Crippen LogP contribution is 2.27. The molecular formula is C21H24ClN3O4. The maximum atomic E-state index is 12.1. The lowest BCUT2D eigenvalue weighted by molar-refractivity contribution is -0.136. The molecule has 1 saturated heterocycles. The zero-order valence-corrected chi connectivity index (χ0v) is 16.9. The van der Waals surface area contributed by atoms with Crippen LogP contribution in [0.25, 0.3) is 0 Å². The second-order valence-electron chi connectivity index (χ2n) is 6.63. The third-order valence-electron chi connectivity index (χ3n) is 4.65. The summed E-state index contributed by atoms with van der Waals surface area (Å²) in [7, 11) is 1.50. The topological polar surface area (TPSA) is 79.9 Å². The van der Waals surface area contributed by atoms with Gasteiger partial charge in [-0.05, 0) is 23.8 Å². The minimum atomic E-state index is -0.740. The first kappa shape index (κ1) is 21.1. The van der Waals surface area contributed by atoms with Gasteiger partial charge < -0.3 is 20.1 Å². The molecule has 2 amide bonds. The van der Waals surface area contributed by atoms with Gasteiger partial charge in [0.15, 0.2) is 0 Å². The van der Waals surface area contributed by atoms with Gasteiger partial charge >= 0.3 is 11.8 Å². The highest BCUT2D eigenvalue weighted by atomic mass is 35.5. The van der Waals surface area contributed by atoms with E-state index in [2.05, 4.69) is 15.5 Å². The Morgan fingerprint density at radius 3 is 2.72 bits per heavy atom. The summed E-state index contributed by atoms with van der Waals surface area (Å²) in [6.07, 6.45) is 0.0174. The Morgan fingerprint density at radius 2 is 2.00 bits per heavy atom. The van der Waals surface area contributed by atoms with Crippen LogP contribution in [-0.4, -0.2) is 56.6 Å². The van der Waals surface area contributed by atoms with Gasteiger partial charge in [-0.25, -0.2) is 0 Å². The van der Waals surface area contributed by atoms with E-state index in [0.29, 0.717) is 36.2 Å². The molecule has 7 nitrogen and oxygen atoms in total. The lowest BCUT2D eigenvalue weighted by atomic mass is 10.1. The Kier molecular flexibility index (Phi) is 7.46. The zero-order chi connectivity index (χ0) is 20.6. The number of hydrogen-bond acceptors (Lipinski definition) is 5. The second kappa shape index (κ2) is 10.2. The van der Waals surface area contributed by atoms with Crippen LogP contribution in [0, 0.1) is 0 Å². The number of rotatable bonds is 6. The average Bonchev–Trinajstić information content (AvgIpc) is 2.74. The second-order valence-corrected chi connectivity index (χ2v) is 7.04. The Hall–Kier alpha value is -2.61. The van der Waals surface area contributed by atoms with Crippen LogP contribution in [0.15, 0.2) is 48.5 Å². The van der Waals surface area contributed by atoms with Gasteiger partial charge in [0.2, 0.25) is 0 Å². The Bertz CT molecular complexity index is 847. The van der Waals surface area contributed by atoms with Crippen molar-refractivity contribution in [2.45, 2.75) is 6.10 Å². The van der Waals surface area contributed by atoms with Gasteiger partial charge in [-0.15, -0.1) is 0 Å². The van der Waals surface area contributed by atoms with E-state index in [-0.39, 0.29) is 6.10 Å². The summed E-state index contributed by atoms with van der Waals surface area (Å²) in [5.41, 5.74) is 1.56. The first-order chi connectivity index (χ1) is 14.1. The number of carbonyl (C=O) groups is 2. The molecule has 29 heavy (non-hydrogen) atoms. The van der Waals surface area contributed by atoms with E-state index in [4.69, 9.17) is 21.1 Å². The molecule has 0 aliphatic carbocycles. The lowest BCUT2D eigenvalue weighted by Crippen LogP contribution is -2.44. The van der Waals surface area contributed by atoms with E-state index in [1.165, 1.54) is 13.2 Å². The maximum absolute atomic E-state index is 12.1. The van der Waals surface area contributed by atoms with Crippen LogP contribution in [0.2, 0.25) is 5.02 Å². The minimum absolute atomic E-state index is 0.0174. The highest BCUT2D eigenvalue weighted by molar-refractivity contribution is 6.40. The molecule has 0 bridgehead atoms. The summed E-state index contributed by atoms with van der Waals surface area (Å²) in [5, 5.41) is 5.53. The van der Waals surface area contributed by atoms with Gasteiger partial charge in [-0.2, -0.15) is 0 Å². The Balaban J connectivity index is 1.43. The molecule has 0 saturated carbocycles. The van der Waals surface area contributed by atoms with Crippen molar-refractivity contribution in [3.05, 3.63) is 59.1 Å². The molecule has 8 heteroatoms. The van der Waals surface area contributed by atoms with Crippen LogP contribution in [-0.2, 0) is 14.3 Å². The number of nitrogens with zero attached hydrogens (tertiary/aromatic N) is 1. The third-order valence-corrected chi connectivity index (χ3v) is 4.95. The van der Waals surface area contributed by atoms with E-state index in [9.17, 15) is 9.59 Å². The highest BCUT2D eigenvalue weighted by Gasteiger charge is 2.22. The first-order valence-electron chi connectivity index (χ1n) is 9.38. The smallest absolute Gasteiger partial charge is 0.313 e. The van der Waals surface area contributed by atoms with E-state index in [1.54, 1.807) is 12.1 Å². The van der Waals surface area contributed by atoms with Crippen molar-refractivity contribution in [2.75, 3.05) is 45.2 Å².